The predicted molar refractivity (Wildman–Crippen MR) is 193 cm³/mol. The number of nitrogens with zero attached hydrogens (tertiary/aromatic N) is 2. The third-order valence-electron chi connectivity index (χ3n) is 9.33. The van der Waals surface area contributed by atoms with E-state index in [0.29, 0.717) is 0 Å². The lowest BCUT2D eigenvalue weighted by Gasteiger charge is -2.11. The van der Waals surface area contributed by atoms with Crippen molar-refractivity contribution in [1.82, 2.24) is 9.13 Å². The van der Waals surface area contributed by atoms with Crippen molar-refractivity contribution in [2.75, 3.05) is 0 Å². The van der Waals surface area contributed by atoms with Gasteiger partial charge in [0.1, 0.15) is 0 Å². The van der Waals surface area contributed by atoms with Crippen molar-refractivity contribution in [3.05, 3.63) is 158 Å². The Labute approximate surface area is 263 Å². The molecular weight excluding hydrogens is 565 g/mol. The maximum Gasteiger partial charge on any atom is 0.0555 e. The number of aromatic nitrogens is 2. The van der Waals surface area contributed by atoms with Crippen LogP contribution in [0.1, 0.15) is 0 Å². The first-order valence-corrected chi connectivity index (χ1v) is 16.2. The minimum Gasteiger partial charge on any atom is -0.309 e. The summed E-state index contributed by atoms with van der Waals surface area (Å²) in [7, 11) is 0. The van der Waals surface area contributed by atoms with Gasteiger partial charge in [0.25, 0.3) is 0 Å². The fourth-order valence-corrected chi connectivity index (χ4v) is 8.58. The third kappa shape index (κ3) is 3.56. The zero-order chi connectivity index (χ0) is 29.5. The quantitative estimate of drug-likeness (QED) is 0.194. The van der Waals surface area contributed by atoms with Crippen LogP contribution in [0.3, 0.4) is 0 Å². The van der Waals surface area contributed by atoms with Crippen LogP contribution in [0.4, 0.5) is 0 Å². The molecule has 3 aromatic heterocycles. The van der Waals surface area contributed by atoms with Gasteiger partial charge < -0.3 is 9.13 Å². The second-order valence-corrected chi connectivity index (χ2v) is 12.8. The van der Waals surface area contributed by atoms with Crippen molar-refractivity contribution in [3.63, 3.8) is 0 Å². The molecule has 0 radical (unpaired) electrons. The Morgan fingerprint density at radius 1 is 0.356 bits per heavy atom. The monoisotopic (exact) mass is 590 g/mol. The molecule has 45 heavy (non-hydrogen) atoms. The first-order valence-electron chi connectivity index (χ1n) is 15.4. The minimum atomic E-state index is 1.17. The molecule has 7 aromatic carbocycles. The molecule has 0 fully saturated rings. The SMILES string of the molecule is c1ccc(-c2ccc(-n3c4ccc(-n5c6ccccc6c6ccccc65)cc4c4c5sc6ccccc6c5ccc43)cc2)cc1. The van der Waals surface area contributed by atoms with Gasteiger partial charge in [-0.3, -0.25) is 0 Å². The number of rotatable bonds is 3. The molecule has 0 bridgehead atoms. The van der Waals surface area contributed by atoms with Gasteiger partial charge in [0.15, 0.2) is 0 Å². The summed E-state index contributed by atoms with van der Waals surface area (Å²) in [4.78, 5) is 0. The van der Waals surface area contributed by atoms with Gasteiger partial charge in [-0.1, -0.05) is 103 Å². The van der Waals surface area contributed by atoms with Crippen LogP contribution in [0.15, 0.2) is 158 Å². The van der Waals surface area contributed by atoms with Gasteiger partial charge in [-0.15, -0.1) is 11.3 Å². The van der Waals surface area contributed by atoms with Crippen molar-refractivity contribution in [1.29, 1.82) is 0 Å². The van der Waals surface area contributed by atoms with Crippen molar-refractivity contribution in [2.45, 2.75) is 0 Å². The van der Waals surface area contributed by atoms with Gasteiger partial charge in [-0.25, -0.2) is 0 Å². The molecule has 0 amide bonds. The van der Waals surface area contributed by atoms with Gasteiger partial charge in [-0.05, 0) is 65.7 Å². The molecule has 0 atom stereocenters. The standard InChI is InChI=1S/C42H26N2S/c1-2-10-27(11-3-1)28-18-20-29(21-19-28)43-38-24-22-30(44-36-15-7-4-12-31(36)32-13-5-8-16-37(32)44)26-35(38)41-39(43)25-23-34-33-14-6-9-17-40(33)45-42(34)41/h1-26H. The van der Waals surface area contributed by atoms with E-state index in [4.69, 9.17) is 0 Å². The summed E-state index contributed by atoms with van der Waals surface area (Å²) in [5.41, 5.74) is 9.70. The van der Waals surface area contributed by atoms with Crippen LogP contribution in [-0.4, -0.2) is 9.13 Å². The highest BCUT2D eigenvalue weighted by Gasteiger charge is 2.19. The largest absolute Gasteiger partial charge is 0.309 e. The highest BCUT2D eigenvalue weighted by molar-refractivity contribution is 7.26. The fraction of sp³-hybridized carbons (Fsp3) is 0. The molecule has 210 valence electrons. The average Bonchev–Trinajstić information content (AvgIpc) is 3.76. The molecule has 2 nitrogen and oxygen atoms in total. The molecule has 0 unspecified atom stereocenters. The number of hydrogen-bond acceptors (Lipinski definition) is 1. The van der Waals surface area contributed by atoms with E-state index in [1.165, 1.54) is 86.3 Å². The van der Waals surface area contributed by atoms with E-state index >= 15 is 0 Å². The van der Waals surface area contributed by atoms with Crippen LogP contribution in [0.25, 0.3) is 86.3 Å². The van der Waals surface area contributed by atoms with Gasteiger partial charge in [0, 0.05) is 53.1 Å². The Balaban J connectivity index is 1.29. The van der Waals surface area contributed by atoms with E-state index in [1.54, 1.807) is 0 Å². The Morgan fingerprint density at radius 2 is 0.911 bits per heavy atom. The van der Waals surface area contributed by atoms with E-state index in [2.05, 4.69) is 167 Å². The smallest absolute Gasteiger partial charge is 0.0555 e. The number of thiophene rings is 1. The molecule has 10 rings (SSSR count). The Bertz CT molecular complexity index is 2690. The third-order valence-corrected chi connectivity index (χ3v) is 10.5. The molecular formula is C42H26N2S. The van der Waals surface area contributed by atoms with Gasteiger partial charge in [0.2, 0.25) is 0 Å². The number of benzene rings is 7. The number of para-hydroxylation sites is 2. The molecule has 10 aromatic rings. The summed E-state index contributed by atoms with van der Waals surface area (Å²) >= 11 is 1.90. The predicted octanol–water partition coefficient (Wildman–Crippen LogP) is 11.9. The van der Waals surface area contributed by atoms with Gasteiger partial charge in [-0.2, -0.15) is 0 Å². The zero-order valence-electron chi connectivity index (χ0n) is 24.3. The van der Waals surface area contributed by atoms with Crippen LogP contribution in [0.5, 0.6) is 0 Å². The summed E-state index contributed by atoms with van der Waals surface area (Å²) in [6.45, 7) is 0. The first kappa shape index (κ1) is 24.8. The van der Waals surface area contributed by atoms with Crippen LogP contribution in [0.2, 0.25) is 0 Å². The fourth-order valence-electron chi connectivity index (χ4n) is 7.33. The lowest BCUT2D eigenvalue weighted by molar-refractivity contribution is 1.17. The van der Waals surface area contributed by atoms with E-state index in [0.717, 1.165) is 0 Å². The lowest BCUT2D eigenvalue weighted by Crippen LogP contribution is -1.95. The number of hydrogen-bond donors (Lipinski definition) is 0. The van der Waals surface area contributed by atoms with Crippen LogP contribution >= 0.6 is 11.3 Å². The van der Waals surface area contributed by atoms with E-state index < -0.39 is 0 Å². The summed E-state index contributed by atoms with van der Waals surface area (Å²) in [6, 6.07) is 57.6. The maximum atomic E-state index is 2.44. The second kappa shape index (κ2) is 9.43. The normalized spacial score (nSPS) is 12.0. The van der Waals surface area contributed by atoms with Gasteiger partial charge >= 0.3 is 0 Å². The molecule has 0 saturated carbocycles. The summed E-state index contributed by atoms with van der Waals surface area (Å²) < 4.78 is 7.54. The average molecular weight is 591 g/mol. The maximum absolute atomic E-state index is 2.44. The molecule has 0 saturated heterocycles. The van der Waals surface area contributed by atoms with Crippen LogP contribution in [-0.2, 0) is 0 Å². The van der Waals surface area contributed by atoms with E-state index in [9.17, 15) is 0 Å². The molecule has 0 aliphatic heterocycles. The van der Waals surface area contributed by atoms with Crippen molar-refractivity contribution in [3.8, 4) is 22.5 Å². The van der Waals surface area contributed by atoms with Crippen LogP contribution < -0.4 is 0 Å². The first-order chi connectivity index (χ1) is 22.3. The van der Waals surface area contributed by atoms with Crippen molar-refractivity contribution < 1.29 is 0 Å². The highest BCUT2D eigenvalue weighted by Crippen LogP contribution is 2.44. The summed E-state index contributed by atoms with van der Waals surface area (Å²) in [6.07, 6.45) is 0. The Hall–Kier alpha value is -5.64. The van der Waals surface area contributed by atoms with E-state index in [-0.39, 0.29) is 0 Å². The molecule has 0 spiro atoms. The highest BCUT2D eigenvalue weighted by atomic mass is 32.1. The van der Waals surface area contributed by atoms with Crippen molar-refractivity contribution in [2.24, 2.45) is 0 Å². The Kier molecular flexibility index (Phi) is 5.19. The molecule has 0 aliphatic rings. The minimum absolute atomic E-state index is 1.17. The second-order valence-electron chi connectivity index (χ2n) is 11.8. The topological polar surface area (TPSA) is 9.86 Å². The molecule has 3 heteroatoms. The molecule has 0 aliphatic carbocycles. The van der Waals surface area contributed by atoms with Crippen LogP contribution in [0, 0.1) is 0 Å². The molecule has 0 N–H and O–H groups in total. The number of fused-ring (bicyclic) bond motifs is 10. The Morgan fingerprint density at radius 3 is 1.67 bits per heavy atom. The molecule has 3 heterocycles. The van der Waals surface area contributed by atoms with E-state index in [1.807, 2.05) is 11.3 Å². The zero-order valence-corrected chi connectivity index (χ0v) is 25.1. The van der Waals surface area contributed by atoms with Crippen molar-refractivity contribution >= 4 is 75.1 Å². The van der Waals surface area contributed by atoms with Gasteiger partial charge in [0.05, 0.1) is 22.1 Å². The lowest BCUT2D eigenvalue weighted by atomic mass is 10.1. The summed E-state index contributed by atoms with van der Waals surface area (Å²) in [5.74, 6) is 0. The summed E-state index contributed by atoms with van der Waals surface area (Å²) in [5, 5.41) is 7.80.